The molecule has 0 saturated carbocycles. The maximum atomic E-state index is 9.98. The number of aliphatic hydroxyl groups excluding tert-OH is 4. The zero-order valence-corrected chi connectivity index (χ0v) is 15.3. The Balaban J connectivity index is 1.32. The number of fused-ring (bicyclic) bond motifs is 1. The highest BCUT2D eigenvalue weighted by Crippen LogP contribution is 2.19. The monoisotopic (exact) mass is 379 g/mol. The predicted molar refractivity (Wildman–Crippen MR) is 101 cm³/mol. The first-order valence-corrected chi connectivity index (χ1v) is 9.53. The molecule has 0 unspecified atom stereocenters. The molecule has 1 saturated heterocycles. The SMILES string of the molecule is OC[C@@H]1[C@@H](O)[C@H](O)[C@@H](O)CN1CCCCCCNc1ncc2[nH]ccc2n1. The van der Waals surface area contributed by atoms with Gasteiger partial charge in [0.25, 0.3) is 0 Å². The first-order chi connectivity index (χ1) is 13.1. The molecule has 2 aromatic heterocycles. The fourth-order valence-electron chi connectivity index (χ4n) is 3.56. The van der Waals surface area contributed by atoms with E-state index in [1.54, 1.807) is 6.20 Å². The van der Waals surface area contributed by atoms with Crippen molar-refractivity contribution in [2.45, 2.75) is 50.0 Å². The summed E-state index contributed by atoms with van der Waals surface area (Å²) in [7, 11) is 0. The summed E-state index contributed by atoms with van der Waals surface area (Å²) in [5.41, 5.74) is 1.81. The van der Waals surface area contributed by atoms with E-state index in [0.29, 0.717) is 12.5 Å². The second-order valence-corrected chi connectivity index (χ2v) is 7.10. The number of nitrogens with one attached hydrogen (secondary N) is 2. The summed E-state index contributed by atoms with van der Waals surface area (Å²) in [6.45, 7) is 1.50. The van der Waals surface area contributed by atoms with Crippen LogP contribution in [0, 0.1) is 0 Å². The molecule has 1 aliphatic rings. The van der Waals surface area contributed by atoms with Crippen molar-refractivity contribution in [3.63, 3.8) is 0 Å². The van der Waals surface area contributed by atoms with Crippen molar-refractivity contribution in [2.24, 2.45) is 0 Å². The number of hydrogen-bond donors (Lipinski definition) is 6. The van der Waals surface area contributed by atoms with Crippen LogP contribution in [0.4, 0.5) is 5.95 Å². The van der Waals surface area contributed by atoms with Crippen molar-refractivity contribution in [3.05, 3.63) is 18.5 Å². The molecule has 0 spiro atoms. The molecule has 1 fully saturated rings. The topological polar surface area (TPSA) is 138 Å². The van der Waals surface area contributed by atoms with Gasteiger partial charge in [-0.1, -0.05) is 12.8 Å². The number of likely N-dealkylation sites (tertiary alicyclic amines) is 1. The number of aliphatic hydroxyl groups is 4. The molecule has 1 aliphatic heterocycles. The average Bonchev–Trinajstić information content (AvgIpc) is 3.13. The van der Waals surface area contributed by atoms with Gasteiger partial charge in [0.2, 0.25) is 5.95 Å². The van der Waals surface area contributed by atoms with Crippen LogP contribution in [0.15, 0.2) is 18.5 Å². The third-order valence-corrected chi connectivity index (χ3v) is 5.17. The lowest BCUT2D eigenvalue weighted by molar-refractivity contribution is -0.145. The molecule has 150 valence electrons. The molecule has 27 heavy (non-hydrogen) atoms. The molecule has 0 aliphatic carbocycles. The minimum atomic E-state index is -1.20. The largest absolute Gasteiger partial charge is 0.395 e. The third-order valence-electron chi connectivity index (χ3n) is 5.17. The summed E-state index contributed by atoms with van der Waals surface area (Å²) in [6.07, 6.45) is 4.22. The van der Waals surface area contributed by atoms with Gasteiger partial charge in [-0.15, -0.1) is 0 Å². The minimum Gasteiger partial charge on any atom is -0.395 e. The Morgan fingerprint density at radius 3 is 2.78 bits per heavy atom. The maximum absolute atomic E-state index is 9.98. The van der Waals surface area contributed by atoms with Gasteiger partial charge in [0.1, 0.15) is 12.2 Å². The lowest BCUT2D eigenvalue weighted by atomic mass is 9.94. The minimum absolute atomic E-state index is 0.236. The lowest BCUT2D eigenvalue weighted by Gasteiger charge is -2.43. The van der Waals surface area contributed by atoms with Gasteiger partial charge in [-0.3, -0.25) is 4.90 Å². The zero-order valence-electron chi connectivity index (χ0n) is 15.3. The van der Waals surface area contributed by atoms with Crippen LogP contribution in [0.5, 0.6) is 0 Å². The first kappa shape index (κ1) is 20.0. The Kier molecular flexibility index (Phi) is 6.97. The van der Waals surface area contributed by atoms with Crippen LogP contribution < -0.4 is 5.32 Å². The van der Waals surface area contributed by atoms with Crippen molar-refractivity contribution in [1.29, 1.82) is 0 Å². The zero-order chi connectivity index (χ0) is 19.2. The van der Waals surface area contributed by atoms with Gasteiger partial charge in [0.05, 0.1) is 36.0 Å². The van der Waals surface area contributed by atoms with Gasteiger partial charge in [0, 0.05) is 19.3 Å². The van der Waals surface area contributed by atoms with E-state index in [2.05, 4.69) is 20.3 Å². The Bertz CT molecular complexity index is 712. The van der Waals surface area contributed by atoms with Crippen LogP contribution in [0.3, 0.4) is 0 Å². The van der Waals surface area contributed by atoms with E-state index < -0.39 is 24.4 Å². The Morgan fingerprint density at radius 2 is 1.96 bits per heavy atom. The number of unbranched alkanes of at least 4 members (excludes halogenated alkanes) is 3. The number of rotatable bonds is 9. The molecule has 9 heteroatoms. The quantitative estimate of drug-likeness (QED) is 0.326. The molecule has 3 heterocycles. The smallest absolute Gasteiger partial charge is 0.223 e. The summed E-state index contributed by atoms with van der Waals surface area (Å²) in [4.78, 5) is 13.6. The predicted octanol–water partition coefficient (Wildman–Crippen LogP) is -0.311. The van der Waals surface area contributed by atoms with Crippen LogP contribution in [0.25, 0.3) is 11.0 Å². The molecule has 9 nitrogen and oxygen atoms in total. The first-order valence-electron chi connectivity index (χ1n) is 9.53. The molecular weight excluding hydrogens is 350 g/mol. The van der Waals surface area contributed by atoms with Gasteiger partial charge < -0.3 is 30.7 Å². The van der Waals surface area contributed by atoms with E-state index in [1.165, 1.54) is 0 Å². The van der Waals surface area contributed by atoms with E-state index in [1.807, 2.05) is 17.2 Å². The molecule has 0 amide bonds. The molecule has 2 aromatic rings. The number of aromatic nitrogens is 3. The fraction of sp³-hybridized carbons (Fsp3) is 0.667. The highest BCUT2D eigenvalue weighted by Gasteiger charge is 2.40. The molecule has 0 radical (unpaired) electrons. The van der Waals surface area contributed by atoms with Crippen molar-refractivity contribution in [2.75, 3.05) is 31.6 Å². The number of β-amino-alcohol motifs (C(OH)–C–C–N with tert-alkyl or cyclic N) is 1. The summed E-state index contributed by atoms with van der Waals surface area (Å²) in [6, 6.07) is 1.39. The molecule has 4 atom stereocenters. The van der Waals surface area contributed by atoms with Crippen LogP contribution in [0.2, 0.25) is 0 Å². The maximum Gasteiger partial charge on any atom is 0.223 e. The summed E-state index contributed by atoms with van der Waals surface area (Å²) in [5, 5.41) is 42.2. The van der Waals surface area contributed by atoms with E-state index in [-0.39, 0.29) is 13.2 Å². The lowest BCUT2D eigenvalue weighted by Crippen LogP contribution is -2.62. The average molecular weight is 379 g/mol. The van der Waals surface area contributed by atoms with Crippen LogP contribution in [0.1, 0.15) is 25.7 Å². The Morgan fingerprint density at radius 1 is 1.15 bits per heavy atom. The normalized spacial score (nSPS) is 26.5. The van der Waals surface area contributed by atoms with Crippen LogP contribution in [-0.2, 0) is 0 Å². The Labute approximate surface area is 158 Å². The number of anilines is 1. The molecular formula is C18H29N5O4. The highest BCUT2D eigenvalue weighted by atomic mass is 16.4. The molecule has 6 N–H and O–H groups in total. The van der Waals surface area contributed by atoms with Crippen LogP contribution >= 0.6 is 0 Å². The fourth-order valence-corrected chi connectivity index (χ4v) is 3.56. The third kappa shape index (κ3) is 4.94. The van der Waals surface area contributed by atoms with Gasteiger partial charge in [-0.05, 0) is 25.5 Å². The number of piperidine rings is 1. The van der Waals surface area contributed by atoms with E-state index in [4.69, 9.17) is 0 Å². The highest BCUT2D eigenvalue weighted by molar-refractivity contribution is 5.74. The van der Waals surface area contributed by atoms with E-state index in [0.717, 1.165) is 43.3 Å². The van der Waals surface area contributed by atoms with Gasteiger partial charge in [-0.25, -0.2) is 9.97 Å². The number of hydrogen-bond acceptors (Lipinski definition) is 8. The number of nitrogens with zero attached hydrogens (tertiary/aromatic N) is 3. The van der Waals surface area contributed by atoms with Crippen molar-refractivity contribution in [1.82, 2.24) is 19.9 Å². The number of H-pyrrole nitrogens is 1. The summed E-state index contributed by atoms with van der Waals surface area (Å²) < 4.78 is 0. The second-order valence-electron chi connectivity index (χ2n) is 7.10. The Hall–Kier alpha value is -1.78. The van der Waals surface area contributed by atoms with Crippen LogP contribution in [-0.4, -0.2) is 90.9 Å². The number of aromatic amines is 1. The van der Waals surface area contributed by atoms with E-state index in [9.17, 15) is 20.4 Å². The van der Waals surface area contributed by atoms with Gasteiger partial charge in [0.15, 0.2) is 0 Å². The summed E-state index contributed by atoms with van der Waals surface area (Å²) >= 11 is 0. The molecule has 3 rings (SSSR count). The van der Waals surface area contributed by atoms with E-state index >= 15 is 0 Å². The molecule has 0 bridgehead atoms. The molecule has 0 aromatic carbocycles. The van der Waals surface area contributed by atoms with Crippen molar-refractivity contribution >= 4 is 17.0 Å². The van der Waals surface area contributed by atoms with Gasteiger partial charge in [-0.2, -0.15) is 0 Å². The van der Waals surface area contributed by atoms with Crippen molar-refractivity contribution < 1.29 is 20.4 Å². The van der Waals surface area contributed by atoms with Gasteiger partial charge >= 0.3 is 0 Å². The second kappa shape index (κ2) is 9.43. The standard InChI is InChI=1S/C18H29N5O4/c24-11-14-16(26)17(27)15(25)10-23(14)8-4-2-1-3-6-20-18-21-9-13-12(22-18)5-7-19-13/h5,7,9,14-17,19,24-27H,1-4,6,8,10-11H2,(H,20,21,22)/t14-,15+,16-,17-/m1/s1. The van der Waals surface area contributed by atoms with Crippen molar-refractivity contribution in [3.8, 4) is 0 Å². The summed E-state index contributed by atoms with van der Waals surface area (Å²) in [5.74, 6) is 0.628.